The summed E-state index contributed by atoms with van der Waals surface area (Å²) in [6.07, 6.45) is 2.94. The molecule has 74 valence electrons. The highest BCUT2D eigenvalue weighted by atomic mass is 16.3. The summed E-state index contributed by atoms with van der Waals surface area (Å²) >= 11 is 0. The molecule has 0 aliphatic rings. The fourth-order valence-electron chi connectivity index (χ4n) is 1.39. The van der Waals surface area contributed by atoms with Crippen molar-refractivity contribution in [2.45, 2.75) is 39.7 Å². The van der Waals surface area contributed by atoms with E-state index in [1.165, 1.54) is 5.56 Å². The molecule has 1 rings (SSSR count). The van der Waals surface area contributed by atoms with E-state index in [9.17, 15) is 0 Å². The molecule has 0 saturated carbocycles. The van der Waals surface area contributed by atoms with Gasteiger partial charge in [0.05, 0.1) is 12.8 Å². The summed E-state index contributed by atoms with van der Waals surface area (Å²) in [7, 11) is 0. The van der Waals surface area contributed by atoms with Gasteiger partial charge in [-0.3, -0.25) is 0 Å². The summed E-state index contributed by atoms with van der Waals surface area (Å²) in [6, 6.07) is 2.06. The van der Waals surface area contributed by atoms with Crippen molar-refractivity contribution >= 4 is 0 Å². The Labute approximate surface area is 80.3 Å². The first-order valence-electron chi connectivity index (χ1n) is 5.02. The summed E-state index contributed by atoms with van der Waals surface area (Å²) in [4.78, 5) is 0. The van der Waals surface area contributed by atoms with Crippen molar-refractivity contribution < 1.29 is 4.42 Å². The van der Waals surface area contributed by atoms with Gasteiger partial charge in [-0.25, -0.2) is 0 Å². The molecule has 2 nitrogen and oxygen atoms in total. The van der Waals surface area contributed by atoms with Gasteiger partial charge in [0.2, 0.25) is 0 Å². The van der Waals surface area contributed by atoms with Crippen LogP contribution in [0.25, 0.3) is 0 Å². The summed E-state index contributed by atoms with van der Waals surface area (Å²) in [6.45, 7) is 8.45. The Bertz CT molecular complexity index is 240. The highest BCUT2D eigenvalue weighted by Gasteiger charge is 2.08. The molecule has 0 saturated heterocycles. The highest BCUT2D eigenvalue weighted by molar-refractivity contribution is 5.20. The van der Waals surface area contributed by atoms with Gasteiger partial charge in [-0.05, 0) is 30.5 Å². The van der Waals surface area contributed by atoms with Crippen LogP contribution in [0.1, 0.15) is 44.4 Å². The average Bonchev–Trinajstić information content (AvgIpc) is 2.53. The predicted octanol–water partition coefficient (Wildman–Crippen LogP) is 2.90. The topological polar surface area (TPSA) is 25.2 Å². The molecule has 0 radical (unpaired) electrons. The van der Waals surface area contributed by atoms with E-state index >= 15 is 0 Å². The van der Waals surface area contributed by atoms with Gasteiger partial charge >= 0.3 is 0 Å². The molecule has 2 heteroatoms. The first-order chi connectivity index (χ1) is 6.25. The van der Waals surface area contributed by atoms with Gasteiger partial charge in [0.1, 0.15) is 5.76 Å². The van der Waals surface area contributed by atoms with Crippen LogP contribution in [0.4, 0.5) is 0 Å². The Morgan fingerprint density at radius 2 is 2.23 bits per heavy atom. The number of hydrogen-bond acceptors (Lipinski definition) is 2. The fourth-order valence-corrected chi connectivity index (χ4v) is 1.39. The van der Waals surface area contributed by atoms with Crippen LogP contribution >= 0.6 is 0 Å². The fraction of sp³-hybridized carbons (Fsp3) is 0.636. The second-order valence-corrected chi connectivity index (χ2v) is 3.63. The van der Waals surface area contributed by atoms with Crippen LogP contribution in [0.3, 0.4) is 0 Å². The predicted molar refractivity (Wildman–Crippen MR) is 54.8 cm³/mol. The SMILES string of the molecule is CCCNCc1occc1C(C)C. The minimum absolute atomic E-state index is 0.553. The third-order valence-corrected chi connectivity index (χ3v) is 2.11. The second-order valence-electron chi connectivity index (χ2n) is 3.63. The maximum absolute atomic E-state index is 5.41. The third kappa shape index (κ3) is 2.88. The first-order valence-corrected chi connectivity index (χ1v) is 5.02. The summed E-state index contributed by atoms with van der Waals surface area (Å²) in [5.41, 5.74) is 1.32. The monoisotopic (exact) mass is 181 g/mol. The number of hydrogen-bond donors (Lipinski definition) is 1. The van der Waals surface area contributed by atoms with E-state index in [1.807, 2.05) is 0 Å². The molecule has 0 atom stereocenters. The molecule has 0 spiro atoms. The minimum Gasteiger partial charge on any atom is -0.468 e. The van der Waals surface area contributed by atoms with E-state index in [4.69, 9.17) is 4.42 Å². The lowest BCUT2D eigenvalue weighted by atomic mass is 10.0. The van der Waals surface area contributed by atoms with Crippen LogP contribution in [-0.4, -0.2) is 6.54 Å². The van der Waals surface area contributed by atoms with Crippen molar-refractivity contribution in [3.63, 3.8) is 0 Å². The van der Waals surface area contributed by atoms with Crippen molar-refractivity contribution in [2.75, 3.05) is 6.54 Å². The lowest BCUT2D eigenvalue weighted by Crippen LogP contribution is -2.14. The Morgan fingerprint density at radius 3 is 2.85 bits per heavy atom. The van der Waals surface area contributed by atoms with E-state index in [0.717, 1.165) is 25.3 Å². The van der Waals surface area contributed by atoms with Crippen molar-refractivity contribution in [3.05, 3.63) is 23.7 Å². The van der Waals surface area contributed by atoms with Gasteiger partial charge in [0, 0.05) is 0 Å². The zero-order valence-corrected chi connectivity index (χ0v) is 8.76. The molecule has 1 aromatic heterocycles. The molecule has 0 bridgehead atoms. The van der Waals surface area contributed by atoms with Gasteiger partial charge in [-0.1, -0.05) is 20.8 Å². The van der Waals surface area contributed by atoms with E-state index < -0.39 is 0 Å². The molecule has 0 aliphatic carbocycles. The highest BCUT2D eigenvalue weighted by Crippen LogP contribution is 2.20. The van der Waals surface area contributed by atoms with Gasteiger partial charge in [-0.15, -0.1) is 0 Å². The number of nitrogens with one attached hydrogen (secondary N) is 1. The van der Waals surface area contributed by atoms with Crippen molar-refractivity contribution in [2.24, 2.45) is 0 Å². The molecule has 1 heterocycles. The van der Waals surface area contributed by atoms with Crippen LogP contribution in [0.5, 0.6) is 0 Å². The Hall–Kier alpha value is -0.760. The lowest BCUT2D eigenvalue weighted by Gasteiger charge is -2.06. The average molecular weight is 181 g/mol. The first kappa shape index (κ1) is 10.3. The summed E-state index contributed by atoms with van der Waals surface area (Å²) in [5.74, 6) is 1.64. The minimum atomic E-state index is 0.553. The smallest absolute Gasteiger partial charge is 0.120 e. The standard InChI is InChI=1S/C11H19NO/c1-4-6-12-8-11-10(9(2)3)5-7-13-11/h5,7,9,12H,4,6,8H2,1-3H3. The van der Waals surface area contributed by atoms with Crippen LogP contribution in [-0.2, 0) is 6.54 Å². The number of rotatable bonds is 5. The van der Waals surface area contributed by atoms with Crippen LogP contribution < -0.4 is 5.32 Å². The molecular formula is C11H19NO. The zero-order valence-electron chi connectivity index (χ0n) is 8.76. The molecule has 0 fully saturated rings. The largest absolute Gasteiger partial charge is 0.468 e. The van der Waals surface area contributed by atoms with Gasteiger partial charge in [-0.2, -0.15) is 0 Å². The van der Waals surface area contributed by atoms with Crippen LogP contribution in [0.2, 0.25) is 0 Å². The molecule has 0 amide bonds. The Balaban J connectivity index is 2.50. The van der Waals surface area contributed by atoms with Crippen molar-refractivity contribution in [1.29, 1.82) is 0 Å². The molecule has 1 aromatic rings. The van der Waals surface area contributed by atoms with Gasteiger partial charge in [0.15, 0.2) is 0 Å². The molecular weight excluding hydrogens is 162 g/mol. The molecule has 0 aliphatic heterocycles. The molecule has 0 unspecified atom stereocenters. The summed E-state index contributed by atoms with van der Waals surface area (Å²) < 4.78 is 5.41. The summed E-state index contributed by atoms with van der Waals surface area (Å²) in [5, 5.41) is 3.34. The van der Waals surface area contributed by atoms with E-state index in [2.05, 4.69) is 32.2 Å². The van der Waals surface area contributed by atoms with E-state index in [0.29, 0.717) is 5.92 Å². The molecule has 0 aromatic carbocycles. The maximum Gasteiger partial charge on any atom is 0.120 e. The van der Waals surface area contributed by atoms with Gasteiger partial charge in [0.25, 0.3) is 0 Å². The molecule has 13 heavy (non-hydrogen) atoms. The third-order valence-electron chi connectivity index (χ3n) is 2.11. The van der Waals surface area contributed by atoms with Crippen LogP contribution in [0, 0.1) is 0 Å². The van der Waals surface area contributed by atoms with E-state index in [1.54, 1.807) is 6.26 Å². The van der Waals surface area contributed by atoms with Crippen LogP contribution in [0.15, 0.2) is 16.7 Å². The van der Waals surface area contributed by atoms with E-state index in [-0.39, 0.29) is 0 Å². The number of furan rings is 1. The quantitative estimate of drug-likeness (QED) is 0.706. The second kappa shape index (κ2) is 5.07. The normalized spacial score (nSPS) is 11.1. The van der Waals surface area contributed by atoms with Crippen molar-refractivity contribution in [3.8, 4) is 0 Å². The maximum atomic E-state index is 5.41. The zero-order chi connectivity index (χ0) is 9.68. The Kier molecular flexibility index (Phi) is 4.03. The Morgan fingerprint density at radius 1 is 1.46 bits per heavy atom. The lowest BCUT2D eigenvalue weighted by molar-refractivity contribution is 0.476. The van der Waals surface area contributed by atoms with Gasteiger partial charge < -0.3 is 9.73 Å². The van der Waals surface area contributed by atoms with Crippen molar-refractivity contribution in [1.82, 2.24) is 5.32 Å². The molecule has 1 N–H and O–H groups in total.